The molecule has 1 aromatic heterocycles. The van der Waals surface area contributed by atoms with Crippen LogP contribution in [0.4, 0.5) is 0 Å². The van der Waals surface area contributed by atoms with Gasteiger partial charge >= 0.3 is 5.97 Å². The maximum atomic E-state index is 11.9. The van der Waals surface area contributed by atoms with E-state index in [9.17, 15) is 9.59 Å². The van der Waals surface area contributed by atoms with Crippen LogP contribution < -0.4 is 5.32 Å². The third kappa shape index (κ3) is 2.64. The molecule has 1 aromatic rings. The minimum absolute atomic E-state index is 0.0657. The molecule has 18 heavy (non-hydrogen) atoms. The van der Waals surface area contributed by atoms with E-state index in [1.165, 1.54) is 18.5 Å². The molecule has 0 saturated heterocycles. The Bertz CT molecular complexity index is 486. The predicted molar refractivity (Wildman–Crippen MR) is 69.0 cm³/mol. The van der Waals surface area contributed by atoms with Crippen LogP contribution in [0, 0.1) is 0 Å². The average Bonchev–Trinajstić information content (AvgIpc) is 3.16. The van der Waals surface area contributed by atoms with Crippen molar-refractivity contribution in [2.75, 3.05) is 12.8 Å². The lowest BCUT2D eigenvalue weighted by Gasteiger charge is -2.13. The van der Waals surface area contributed by atoms with Gasteiger partial charge in [-0.2, -0.15) is 11.8 Å². The fourth-order valence-corrected chi connectivity index (χ4v) is 2.42. The van der Waals surface area contributed by atoms with Gasteiger partial charge in [-0.3, -0.25) is 9.78 Å². The summed E-state index contributed by atoms with van der Waals surface area (Å²) in [6.45, 7) is 0.578. The van der Waals surface area contributed by atoms with Gasteiger partial charge in [0.1, 0.15) is 0 Å². The summed E-state index contributed by atoms with van der Waals surface area (Å²) in [6.07, 6.45) is 6.82. The fourth-order valence-electron chi connectivity index (χ4n) is 1.69. The standard InChI is InChI=1S/C12H14N2O3S/c1-18-12(3-4-12)7-14-10(15)8-2-5-13-6-9(8)11(16)17/h2,5-6H,3-4,7H2,1H3,(H,14,15)(H,16,17). The third-order valence-electron chi connectivity index (χ3n) is 3.11. The van der Waals surface area contributed by atoms with Gasteiger partial charge in [0.15, 0.2) is 0 Å². The summed E-state index contributed by atoms with van der Waals surface area (Å²) >= 11 is 1.74. The highest BCUT2D eigenvalue weighted by molar-refractivity contribution is 8.00. The van der Waals surface area contributed by atoms with Crippen molar-refractivity contribution in [2.45, 2.75) is 17.6 Å². The highest BCUT2D eigenvalue weighted by Crippen LogP contribution is 2.46. The van der Waals surface area contributed by atoms with E-state index in [4.69, 9.17) is 5.11 Å². The van der Waals surface area contributed by atoms with Gasteiger partial charge in [-0.15, -0.1) is 0 Å². The lowest BCUT2D eigenvalue weighted by atomic mass is 10.1. The van der Waals surface area contributed by atoms with Crippen LogP contribution >= 0.6 is 11.8 Å². The number of carboxylic acid groups (broad SMARTS) is 1. The Morgan fingerprint density at radius 3 is 2.78 bits per heavy atom. The number of nitrogens with one attached hydrogen (secondary N) is 1. The lowest BCUT2D eigenvalue weighted by molar-refractivity contribution is 0.0690. The van der Waals surface area contributed by atoms with Gasteiger partial charge in [0, 0.05) is 23.7 Å². The number of carboxylic acids is 1. The summed E-state index contributed by atoms with van der Waals surface area (Å²) in [5.41, 5.74) is 0.0957. The van der Waals surface area contributed by atoms with Crippen molar-refractivity contribution in [2.24, 2.45) is 0 Å². The molecule has 0 spiro atoms. The van der Waals surface area contributed by atoms with Crippen molar-refractivity contribution in [3.8, 4) is 0 Å². The molecule has 6 heteroatoms. The van der Waals surface area contributed by atoms with E-state index < -0.39 is 5.97 Å². The van der Waals surface area contributed by atoms with Gasteiger partial charge in [-0.25, -0.2) is 4.79 Å². The summed E-state index contributed by atoms with van der Waals surface area (Å²) in [5.74, 6) is -1.49. The number of nitrogens with zero attached hydrogens (tertiary/aromatic N) is 1. The zero-order valence-corrected chi connectivity index (χ0v) is 10.8. The van der Waals surface area contributed by atoms with Gasteiger partial charge in [0.2, 0.25) is 0 Å². The Hall–Kier alpha value is -1.56. The molecular weight excluding hydrogens is 252 g/mol. The van der Waals surface area contributed by atoms with Crippen LogP contribution in [-0.2, 0) is 0 Å². The van der Waals surface area contributed by atoms with Gasteiger partial charge < -0.3 is 10.4 Å². The van der Waals surface area contributed by atoms with Crippen LogP contribution in [0.15, 0.2) is 18.5 Å². The second kappa shape index (κ2) is 4.97. The van der Waals surface area contributed by atoms with E-state index >= 15 is 0 Å². The van der Waals surface area contributed by atoms with E-state index in [-0.39, 0.29) is 21.8 Å². The molecular formula is C12H14N2O3S. The molecule has 0 bridgehead atoms. The smallest absolute Gasteiger partial charge is 0.338 e. The molecule has 1 heterocycles. The van der Waals surface area contributed by atoms with Crippen molar-refractivity contribution in [1.29, 1.82) is 0 Å². The Morgan fingerprint density at radius 2 is 2.22 bits per heavy atom. The van der Waals surface area contributed by atoms with E-state index in [1.54, 1.807) is 11.8 Å². The molecule has 0 unspecified atom stereocenters. The maximum absolute atomic E-state index is 11.9. The minimum atomic E-state index is -1.14. The zero-order chi connectivity index (χ0) is 13.2. The number of aromatic carboxylic acids is 1. The topological polar surface area (TPSA) is 79.3 Å². The van der Waals surface area contributed by atoms with E-state index in [0.29, 0.717) is 6.54 Å². The Kier molecular flexibility index (Phi) is 3.56. The van der Waals surface area contributed by atoms with E-state index in [2.05, 4.69) is 10.3 Å². The molecule has 2 N–H and O–H groups in total. The second-order valence-corrected chi connectivity index (χ2v) is 5.57. The third-order valence-corrected chi connectivity index (χ3v) is 4.53. The molecule has 0 radical (unpaired) electrons. The van der Waals surface area contributed by atoms with Crippen molar-refractivity contribution in [3.63, 3.8) is 0 Å². The highest BCUT2D eigenvalue weighted by Gasteiger charge is 2.42. The summed E-state index contributed by atoms with van der Waals surface area (Å²) < 4.78 is 0.159. The van der Waals surface area contributed by atoms with E-state index in [0.717, 1.165) is 12.8 Å². The van der Waals surface area contributed by atoms with Crippen LogP contribution in [-0.4, -0.2) is 39.5 Å². The summed E-state index contributed by atoms with van der Waals surface area (Å²) in [5, 5.41) is 11.8. The molecule has 0 aliphatic heterocycles. The monoisotopic (exact) mass is 266 g/mol. The molecule has 1 saturated carbocycles. The van der Waals surface area contributed by atoms with Crippen LogP contribution in [0.2, 0.25) is 0 Å². The molecule has 0 atom stereocenters. The SMILES string of the molecule is CSC1(CNC(=O)c2ccncc2C(=O)O)CC1. The first kappa shape index (κ1) is 12.9. The molecule has 96 valence electrons. The Morgan fingerprint density at radius 1 is 1.50 bits per heavy atom. The highest BCUT2D eigenvalue weighted by atomic mass is 32.2. The second-order valence-electron chi connectivity index (χ2n) is 4.30. The molecule has 1 amide bonds. The van der Waals surface area contributed by atoms with Gasteiger partial charge in [0.05, 0.1) is 11.1 Å². The molecule has 0 aromatic carbocycles. The number of amides is 1. The lowest BCUT2D eigenvalue weighted by Crippen LogP contribution is -2.32. The number of hydrogen-bond acceptors (Lipinski definition) is 4. The first-order valence-electron chi connectivity index (χ1n) is 5.59. The quantitative estimate of drug-likeness (QED) is 0.842. The average molecular weight is 266 g/mol. The number of rotatable bonds is 5. The van der Waals surface area contributed by atoms with Crippen molar-refractivity contribution in [1.82, 2.24) is 10.3 Å². The van der Waals surface area contributed by atoms with Gasteiger partial charge in [-0.1, -0.05) is 0 Å². The van der Waals surface area contributed by atoms with Crippen molar-refractivity contribution >= 4 is 23.6 Å². The molecule has 1 aliphatic rings. The van der Waals surface area contributed by atoms with Crippen LogP contribution in [0.5, 0.6) is 0 Å². The van der Waals surface area contributed by atoms with Gasteiger partial charge in [-0.05, 0) is 25.2 Å². The van der Waals surface area contributed by atoms with Crippen LogP contribution in [0.25, 0.3) is 0 Å². The number of aromatic nitrogens is 1. The number of carbonyl (C=O) groups excluding carboxylic acids is 1. The van der Waals surface area contributed by atoms with Gasteiger partial charge in [0.25, 0.3) is 5.91 Å². The molecule has 1 fully saturated rings. The molecule has 5 nitrogen and oxygen atoms in total. The molecule has 2 rings (SSSR count). The summed E-state index contributed by atoms with van der Waals surface area (Å²) in [6, 6.07) is 1.43. The first-order chi connectivity index (χ1) is 8.58. The number of pyridine rings is 1. The van der Waals surface area contributed by atoms with Crippen molar-refractivity contribution in [3.05, 3.63) is 29.6 Å². The predicted octanol–water partition coefficient (Wildman–Crippen LogP) is 1.41. The summed E-state index contributed by atoms with van der Waals surface area (Å²) in [4.78, 5) is 26.6. The number of carbonyl (C=O) groups is 2. The number of thioether (sulfide) groups is 1. The Balaban J connectivity index is 2.07. The maximum Gasteiger partial charge on any atom is 0.338 e. The summed E-state index contributed by atoms with van der Waals surface area (Å²) in [7, 11) is 0. The van der Waals surface area contributed by atoms with E-state index in [1.807, 2.05) is 6.26 Å². The van der Waals surface area contributed by atoms with Crippen LogP contribution in [0.3, 0.4) is 0 Å². The van der Waals surface area contributed by atoms with Crippen molar-refractivity contribution < 1.29 is 14.7 Å². The number of hydrogen-bond donors (Lipinski definition) is 2. The minimum Gasteiger partial charge on any atom is -0.478 e. The Labute approximate surface area is 109 Å². The molecule has 1 aliphatic carbocycles. The fraction of sp³-hybridized carbons (Fsp3) is 0.417. The largest absolute Gasteiger partial charge is 0.478 e. The van der Waals surface area contributed by atoms with Crippen LogP contribution in [0.1, 0.15) is 33.6 Å². The zero-order valence-electron chi connectivity index (χ0n) is 9.97. The normalized spacial score (nSPS) is 16.1. The first-order valence-corrected chi connectivity index (χ1v) is 6.81.